The van der Waals surface area contributed by atoms with Gasteiger partial charge in [-0.15, -0.1) is 0 Å². The smallest absolute Gasteiger partial charge is 0.263 e. The number of carbonyl (C=O) groups is 1. The van der Waals surface area contributed by atoms with Crippen LogP contribution in [0.3, 0.4) is 0 Å². The first-order chi connectivity index (χ1) is 13.9. The third kappa shape index (κ3) is 3.96. The van der Waals surface area contributed by atoms with Gasteiger partial charge in [-0.2, -0.15) is 0 Å². The number of aliphatic hydroxyl groups is 1. The largest absolute Gasteiger partial charge is 0.394 e. The number of amides is 1. The molecule has 3 aromatic rings. The quantitative estimate of drug-likeness (QED) is 0.642. The Morgan fingerprint density at radius 3 is 2.76 bits per heavy atom. The SMILES string of the molecule is O=C(c1ccc2nc(NS(=O)(=O)c3ccc(F)cc3)sc2c1)N1CCC[C@@H]1CO. The summed E-state index contributed by atoms with van der Waals surface area (Å²) in [5.41, 5.74) is 1.03. The molecule has 2 aromatic carbocycles. The Morgan fingerprint density at radius 1 is 1.28 bits per heavy atom. The van der Waals surface area contributed by atoms with E-state index in [1.807, 2.05) is 0 Å². The lowest BCUT2D eigenvalue weighted by Gasteiger charge is -2.23. The molecule has 152 valence electrons. The highest BCUT2D eigenvalue weighted by Crippen LogP contribution is 2.30. The summed E-state index contributed by atoms with van der Waals surface area (Å²) in [6.07, 6.45) is 1.63. The van der Waals surface area contributed by atoms with Gasteiger partial charge in [-0.1, -0.05) is 11.3 Å². The van der Waals surface area contributed by atoms with Crippen molar-refractivity contribution in [1.29, 1.82) is 0 Å². The van der Waals surface area contributed by atoms with Crippen LogP contribution in [0.5, 0.6) is 0 Å². The van der Waals surface area contributed by atoms with Crippen molar-refractivity contribution in [1.82, 2.24) is 9.88 Å². The van der Waals surface area contributed by atoms with Gasteiger partial charge in [0.25, 0.3) is 15.9 Å². The maximum atomic E-state index is 13.0. The van der Waals surface area contributed by atoms with Gasteiger partial charge in [0.05, 0.1) is 27.8 Å². The summed E-state index contributed by atoms with van der Waals surface area (Å²) in [5, 5.41) is 9.59. The number of thiazole rings is 1. The number of hydrogen-bond donors (Lipinski definition) is 2. The number of nitrogens with one attached hydrogen (secondary N) is 1. The molecule has 2 heterocycles. The van der Waals surface area contributed by atoms with Gasteiger partial charge in [-0.05, 0) is 55.3 Å². The fourth-order valence-corrected chi connectivity index (χ4v) is 5.49. The van der Waals surface area contributed by atoms with Crippen molar-refractivity contribution in [3.05, 3.63) is 53.8 Å². The average Bonchev–Trinajstić information content (AvgIpc) is 3.32. The highest BCUT2D eigenvalue weighted by Gasteiger charge is 2.29. The van der Waals surface area contributed by atoms with Gasteiger partial charge in [0.1, 0.15) is 5.82 Å². The number of benzene rings is 2. The Morgan fingerprint density at radius 2 is 2.03 bits per heavy atom. The fourth-order valence-electron chi connectivity index (χ4n) is 3.35. The summed E-state index contributed by atoms with van der Waals surface area (Å²) in [5.74, 6) is -0.687. The molecule has 7 nitrogen and oxygen atoms in total. The first-order valence-corrected chi connectivity index (χ1v) is 11.3. The summed E-state index contributed by atoms with van der Waals surface area (Å²) in [4.78, 5) is 18.6. The van der Waals surface area contributed by atoms with Crippen molar-refractivity contribution < 1.29 is 22.7 Å². The van der Waals surface area contributed by atoms with Gasteiger partial charge in [-0.25, -0.2) is 17.8 Å². The van der Waals surface area contributed by atoms with E-state index in [4.69, 9.17) is 0 Å². The molecule has 0 spiro atoms. The van der Waals surface area contributed by atoms with E-state index < -0.39 is 15.8 Å². The van der Waals surface area contributed by atoms with E-state index in [0.29, 0.717) is 22.3 Å². The molecule has 1 aromatic heterocycles. The molecule has 1 saturated heterocycles. The Labute approximate surface area is 170 Å². The zero-order valence-electron chi connectivity index (χ0n) is 15.2. The number of anilines is 1. The topological polar surface area (TPSA) is 99.6 Å². The average molecular weight is 436 g/mol. The van der Waals surface area contributed by atoms with Crippen molar-refractivity contribution in [2.75, 3.05) is 17.9 Å². The highest BCUT2D eigenvalue weighted by molar-refractivity contribution is 7.93. The molecule has 0 aliphatic carbocycles. The zero-order chi connectivity index (χ0) is 20.6. The van der Waals surface area contributed by atoms with Crippen molar-refractivity contribution in [3.8, 4) is 0 Å². The van der Waals surface area contributed by atoms with Gasteiger partial charge < -0.3 is 10.0 Å². The molecule has 0 radical (unpaired) electrons. The number of hydrogen-bond acceptors (Lipinski definition) is 6. The van der Waals surface area contributed by atoms with E-state index >= 15 is 0 Å². The van der Waals surface area contributed by atoms with Crippen LogP contribution in [0.2, 0.25) is 0 Å². The number of aliphatic hydroxyl groups excluding tert-OH is 1. The van der Waals surface area contributed by atoms with E-state index in [-0.39, 0.29) is 28.6 Å². The fraction of sp³-hybridized carbons (Fsp3) is 0.263. The number of likely N-dealkylation sites (tertiary alicyclic amines) is 1. The molecular formula is C19H18FN3O4S2. The molecule has 2 N–H and O–H groups in total. The van der Waals surface area contributed by atoms with Crippen LogP contribution in [0.1, 0.15) is 23.2 Å². The third-order valence-electron chi connectivity index (χ3n) is 4.83. The van der Waals surface area contributed by atoms with Crippen LogP contribution in [-0.2, 0) is 10.0 Å². The number of sulfonamides is 1. The molecule has 1 fully saturated rings. The van der Waals surface area contributed by atoms with E-state index in [1.54, 1.807) is 23.1 Å². The highest BCUT2D eigenvalue weighted by atomic mass is 32.2. The lowest BCUT2D eigenvalue weighted by molar-refractivity contribution is 0.0678. The molecule has 1 atom stereocenters. The first kappa shape index (κ1) is 19.7. The van der Waals surface area contributed by atoms with Crippen LogP contribution in [0.4, 0.5) is 9.52 Å². The van der Waals surface area contributed by atoms with Gasteiger partial charge in [0.15, 0.2) is 5.13 Å². The Hall–Kier alpha value is -2.56. The van der Waals surface area contributed by atoms with Crippen molar-refractivity contribution >= 4 is 42.6 Å². The van der Waals surface area contributed by atoms with Crippen LogP contribution in [0, 0.1) is 5.82 Å². The molecule has 1 aliphatic rings. The zero-order valence-corrected chi connectivity index (χ0v) is 16.8. The lowest BCUT2D eigenvalue weighted by atomic mass is 10.1. The second kappa shape index (κ2) is 7.69. The maximum Gasteiger partial charge on any atom is 0.263 e. The van der Waals surface area contributed by atoms with E-state index in [9.17, 15) is 22.7 Å². The lowest BCUT2D eigenvalue weighted by Crippen LogP contribution is -2.37. The summed E-state index contributed by atoms with van der Waals surface area (Å²) < 4.78 is 41.0. The third-order valence-corrected chi connectivity index (χ3v) is 7.25. The molecule has 29 heavy (non-hydrogen) atoms. The number of carbonyl (C=O) groups excluding carboxylic acids is 1. The molecule has 0 bridgehead atoms. The predicted molar refractivity (Wildman–Crippen MR) is 108 cm³/mol. The van der Waals surface area contributed by atoms with Crippen LogP contribution in [0.25, 0.3) is 10.2 Å². The first-order valence-electron chi connectivity index (χ1n) is 8.98. The standard InChI is InChI=1S/C19H18FN3O4S2/c20-13-4-6-15(7-5-13)29(26,27)22-19-21-16-8-3-12(10-17(16)28-19)18(25)23-9-1-2-14(23)11-24/h3-8,10,14,24H,1-2,9,11H2,(H,21,22)/t14-/m1/s1. The van der Waals surface area contributed by atoms with Crippen LogP contribution < -0.4 is 4.72 Å². The second-order valence-electron chi connectivity index (χ2n) is 6.74. The second-order valence-corrected chi connectivity index (χ2v) is 9.45. The molecule has 0 saturated carbocycles. The monoisotopic (exact) mass is 435 g/mol. The summed E-state index contributed by atoms with van der Waals surface area (Å²) in [7, 11) is -3.90. The molecular weight excluding hydrogens is 417 g/mol. The van der Waals surface area contributed by atoms with Gasteiger partial charge in [0.2, 0.25) is 0 Å². The van der Waals surface area contributed by atoms with Gasteiger partial charge in [-0.3, -0.25) is 9.52 Å². The molecule has 1 aliphatic heterocycles. The van der Waals surface area contributed by atoms with E-state index in [1.165, 1.54) is 12.1 Å². The number of halogens is 1. The number of nitrogens with zero attached hydrogens (tertiary/aromatic N) is 2. The molecule has 0 unspecified atom stereocenters. The van der Waals surface area contributed by atoms with Crippen LogP contribution >= 0.6 is 11.3 Å². The van der Waals surface area contributed by atoms with Crippen molar-refractivity contribution in [2.24, 2.45) is 0 Å². The molecule has 4 rings (SSSR count). The molecule has 10 heteroatoms. The normalized spacial score (nSPS) is 17.0. The number of aromatic nitrogens is 1. The molecule has 1 amide bonds. The Balaban J connectivity index is 1.58. The number of rotatable bonds is 5. The van der Waals surface area contributed by atoms with Crippen LogP contribution in [-0.4, -0.2) is 48.5 Å². The van der Waals surface area contributed by atoms with Gasteiger partial charge >= 0.3 is 0 Å². The number of fused-ring (bicyclic) bond motifs is 1. The van der Waals surface area contributed by atoms with Crippen molar-refractivity contribution in [2.45, 2.75) is 23.8 Å². The summed E-state index contributed by atoms with van der Waals surface area (Å²) in [6, 6.07) is 9.32. The minimum atomic E-state index is -3.90. The minimum absolute atomic E-state index is 0.0656. The maximum absolute atomic E-state index is 13.0. The van der Waals surface area contributed by atoms with Crippen molar-refractivity contribution in [3.63, 3.8) is 0 Å². The van der Waals surface area contributed by atoms with Gasteiger partial charge in [0, 0.05) is 12.1 Å². The Bertz CT molecular complexity index is 1160. The van der Waals surface area contributed by atoms with E-state index in [2.05, 4.69) is 9.71 Å². The minimum Gasteiger partial charge on any atom is -0.394 e. The Kier molecular flexibility index (Phi) is 5.24. The van der Waals surface area contributed by atoms with E-state index in [0.717, 1.165) is 36.3 Å². The summed E-state index contributed by atoms with van der Waals surface area (Å²) >= 11 is 1.11. The predicted octanol–water partition coefficient (Wildman–Crippen LogP) is 2.83. The van der Waals surface area contributed by atoms with Crippen LogP contribution in [0.15, 0.2) is 47.4 Å². The summed E-state index contributed by atoms with van der Waals surface area (Å²) in [6.45, 7) is 0.539.